The minimum absolute atomic E-state index is 0.0158. The number of hydrogen-bond donors (Lipinski definition) is 3. The smallest absolute Gasteiger partial charge is 0.469 e. The van der Waals surface area contributed by atoms with Crippen LogP contribution in [0.2, 0.25) is 0 Å². The Labute approximate surface area is 89.6 Å². The number of pyridine rings is 1. The van der Waals surface area contributed by atoms with E-state index in [4.69, 9.17) is 9.79 Å². The van der Waals surface area contributed by atoms with Crippen molar-refractivity contribution in [2.75, 3.05) is 0 Å². The first-order valence-corrected chi connectivity index (χ1v) is 5.60. The molecule has 0 aliphatic heterocycles. The second-order valence-electron chi connectivity index (χ2n) is 2.92. The normalized spacial score (nSPS) is 13.0. The molecule has 0 unspecified atom stereocenters. The first-order valence-electron chi connectivity index (χ1n) is 4.07. The molecule has 3 N–H and O–H groups in total. The van der Waals surface area contributed by atoms with Crippen molar-refractivity contribution in [3.05, 3.63) is 32.6 Å². The zero-order valence-electron chi connectivity index (χ0n) is 8.04. The van der Waals surface area contributed by atoms with Gasteiger partial charge in [0.15, 0.2) is 0 Å². The number of hydrogen-bond acceptors (Lipinski definition) is 4. The van der Waals surface area contributed by atoms with E-state index in [2.05, 4.69) is 16.1 Å². The Hall–Kier alpha value is -1.40. The second-order valence-corrected chi connectivity index (χ2v) is 4.16. The van der Waals surface area contributed by atoms with Crippen LogP contribution in [0.25, 0.3) is 12.8 Å². The quantitative estimate of drug-likeness (QED) is 0.506. The summed E-state index contributed by atoms with van der Waals surface area (Å²) in [6.45, 7) is 2.82. The van der Waals surface area contributed by atoms with Crippen LogP contribution in [0.4, 0.5) is 0 Å². The molecule has 1 aromatic heterocycles. The maximum atomic E-state index is 11.4. The molecular formula is C8H9NO6P-. The fourth-order valence-electron chi connectivity index (χ4n) is 1.03. The minimum atomic E-state index is -4.64. The van der Waals surface area contributed by atoms with Crippen LogP contribution in [-0.2, 0) is 15.7 Å². The van der Waals surface area contributed by atoms with Crippen molar-refractivity contribution >= 4 is 20.7 Å². The van der Waals surface area contributed by atoms with Crippen LogP contribution in [0.5, 0.6) is 0 Å². The van der Waals surface area contributed by atoms with Gasteiger partial charge in [0.05, 0.1) is 12.0 Å². The van der Waals surface area contributed by atoms with Crippen molar-refractivity contribution in [1.82, 2.24) is 4.98 Å². The Morgan fingerprint density at radius 1 is 1.62 bits per heavy atom. The third-order valence-corrected chi connectivity index (χ3v) is 2.26. The van der Waals surface area contributed by atoms with E-state index < -0.39 is 19.9 Å². The summed E-state index contributed by atoms with van der Waals surface area (Å²) in [5, 5.41) is 10.4. The Morgan fingerprint density at radius 2 is 2.25 bits per heavy atom. The summed E-state index contributed by atoms with van der Waals surface area (Å²) in [5.74, 6) is 0. The third-order valence-electron chi connectivity index (χ3n) is 1.79. The Bertz CT molecular complexity index is 586. The molecule has 0 bridgehead atoms. The summed E-state index contributed by atoms with van der Waals surface area (Å²) in [5.41, 5.74) is -0.558. The highest BCUT2D eigenvalue weighted by Crippen LogP contribution is 2.36. The van der Waals surface area contributed by atoms with Crippen LogP contribution in [0.3, 0.4) is 0 Å². The molecule has 0 saturated heterocycles. The van der Waals surface area contributed by atoms with Crippen LogP contribution < -0.4 is 21.1 Å². The second kappa shape index (κ2) is 4.63. The molecule has 0 aliphatic carbocycles. The van der Waals surface area contributed by atoms with Crippen molar-refractivity contribution < 1.29 is 24.0 Å². The lowest BCUT2D eigenvalue weighted by atomic mass is 10.2. The fourth-order valence-corrected chi connectivity index (χ4v) is 1.34. The van der Waals surface area contributed by atoms with Gasteiger partial charge in [0, 0.05) is 17.0 Å². The lowest BCUT2D eigenvalue weighted by Crippen LogP contribution is -2.42. The van der Waals surface area contributed by atoms with E-state index in [0.717, 1.165) is 0 Å². The molecule has 0 saturated carbocycles. The standard InChI is InChI=1S/C8H10NO6P/c1-5-8(11)7(3-10)6(2-9-5)4-15-16(12,13)14/h2-3,9-10H,1,4H2,(H2,12,13,14)/p-1/b7-3-. The summed E-state index contributed by atoms with van der Waals surface area (Å²) in [6, 6.07) is 0. The predicted octanol–water partition coefficient (Wildman–Crippen LogP) is -2.51. The van der Waals surface area contributed by atoms with Crippen LogP contribution in [-0.4, -0.2) is 14.8 Å². The zero-order valence-corrected chi connectivity index (χ0v) is 8.94. The van der Waals surface area contributed by atoms with Gasteiger partial charge in [-0.3, -0.25) is 9.32 Å². The summed E-state index contributed by atoms with van der Waals surface area (Å²) in [7, 11) is -4.64. The third kappa shape index (κ3) is 3.04. The number of aromatic nitrogens is 1. The lowest BCUT2D eigenvalue weighted by molar-refractivity contribution is -0.229. The van der Waals surface area contributed by atoms with Crippen LogP contribution in [0, 0.1) is 0 Å². The number of phosphoric ester groups is 1. The van der Waals surface area contributed by atoms with Crippen LogP contribution in [0.1, 0.15) is 5.56 Å². The van der Waals surface area contributed by atoms with Crippen molar-refractivity contribution in [1.29, 1.82) is 0 Å². The van der Waals surface area contributed by atoms with Gasteiger partial charge in [-0.1, -0.05) is 6.58 Å². The van der Waals surface area contributed by atoms with Gasteiger partial charge < -0.3 is 19.9 Å². The first-order chi connectivity index (χ1) is 7.35. The van der Waals surface area contributed by atoms with Crippen molar-refractivity contribution in [3.63, 3.8) is 0 Å². The number of aromatic amines is 1. The van der Waals surface area contributed by atoms with Gasteiger partial charge in [0.1, 0.15) is 0 Å². The topological polar surface area (TPSA) is 123 Å². The number of H-pyrrole nitrogens is 1. The van der Waals surface area contributed by atoms with Gasteiger partial charge in [-0.15, -0.1) is 6.26 Å². The van der Waals surface area contributed by atoms with E-state index in [9.17, 15) is 14.5 Å². The average molecular weight is 246 g/mol. The molecule has 0 amide bonds. The maximum Gasteiger partial charge on any atom is 0.469 e. The summed E-state index contributed by atoms with van der Waals surface area (Å²) in [4.78, 5) is 30.8. The summed E-state index contributed by atoms with van der Waals surface area (Å²) < 4.78 is 14.6. The molecule has 0 aromatic carbocycles. The molecular weight excluding hydrogens is 237 g/mol. The molecule has 16 heavy (non-hydrogen) atoms. The first kappa shape index (κ1) is 12.7. The molecule has 1 aromatic rings. The molecule has 0 atom stereocenters. The van der Waals surface area contributed by atoms with E-state index in [0.29, 0.717) is 6.26 Å². The zero-order chi connectivity index (χ0) is 12.3. The minimum Gasteiger partial charge on any atom is -0.877 e. The van der Waals surface area contributed by atoms with E-state index in [1.165, 1.54) is 6.20 Å². The number of rotatable bonds is 3. The van der Waals surface area contributed by atoms with Crippen LogP contribution in [0.15, 0.2) is 11.0 Å². The van der Waals surface area contributed by atoms with Crippen molar-refractivity contribution in [2.24, 2.45) is 0 Å². The molecule has 1 rings (SSSR count). The molecule has 0 fully saturated rings. The molecule has 1 heterocycles. The van der Waals surface area contributed by atoms with Gasteiger partial charge >= 0.3 is 7.82 Å². The van der Waals surface area contributed by atoms with E-state index in [1.54, 1.807) is 0 Å². The molecule has 8 heteroatoms. The van der Waals surface area contributed by atoms with Gasteiger partial charge in [-0.05, 0) is 0 Å². The summed E-state index contributed by atoms with van der Waals surface area (Å²) in [6.07, 6.45) is 1.53. The van der Waals surface area contributed by atoms with Crippen molar-refractivity contribution in [2.45, 2.75) is 6.61 Å². The largest absolute Gasteiger partial charge is 0.877 e. The molecule has 0 radical (unpaired) electrons. The van der Waals surface area contributed by atoms with Gasteiger partial charge in [-0.2, -0.15) is 0 Å². The monoisotopic (exact) mass is 246 g/mol. The van der Waals surface area contributed by atoms with Gasteiger partial charge in [0.2, 0.25) is 5.43 Å². The number of phosphoric acid groups is 1. The highest BCUT2D eigenvalue weighted by atomic mass is 31.2. The van der Waals surface area contributed by atoms with Crippen LogP contribution >= 0.6 is 7.82 Å². The Balaban J connectivity index is 3.18. The van der Waals surface area contributed by atoms with E-state index in [1.807, 2.05) is 0 Å². The fraction of sp³-hybridized carbons (Fsp3) is 0.125. The average Bonchev–Trinajstić information content (AvgIpc) is 2.18. The molecule has 0 spiro atoms. The molecule has 88 valence electrons. The highest BCUT2D eigenvalue weighted by molar-refractivity contribution is 7.46. The highest BCUT2D eigenvalue weighted by Gasteiger charge is 2.14. The number of nitrogens with one attached hydrogen (secondary N) is 1. The van der Waals surface area contributed by atoms with Crippen molar-refractivity contribution in [3.8, 4) is 0 Å². The Morgan fingerprint density at radius 3 is 2.75 bits per heavy atom. The molecule has 7 nitrogen and oxygen atoms in total. The van der Waals surface area contributed by atoms with Gasteiger partial charge in [-0.25, -0.2) is 4.57 Å². The van der Waals surface area contributed by atoms with E-state index >= 15 is 0 Å². The SMILES string of the molecule is C=c1[nH]cc(COP(=O)(O)O)/c(=C/[O-])c1=O. The lowest BCUT2D eigenvalue weighted by Gasteiger charge is -2.06. The van der Waals surface area contributed by atoms with Gasteiger partial charge in [0.25, 0.3) is 0 Å². The molecule has 0 aliphatic rings. The maximum absolute atomic E-state index is 11.4. The Kier molecular flexibility index (Phi) is 3.66. The summed E-state index contributed by atoms with van der Waals surface area (Å²) >= 11 is 0. The van der Waals surface area contributed by atoms with E-state index in [-0.39, 0.29) is 16.1 Å². The predicted molar refractivity (Wildman–Crippen MR) is 53.1 cm³/mol.